The third-order valence-electron chi connectivity index (χ3n) is 8.97. The summed E-state index contributed by atoms with van der Waals surface area (Å²) in [6.45, 7) is 4.31. The maximum atomic E-state index is 10.6. The summed E-state index contributed by atoms with van der Waals surface area (Å²) in [5.41, 5.74) is 3.03. The number of likely N-dealkylation sites (N-methyl/N-ethyl adjacent to an activating group) is 1. The molecule has 5 heteroatoms. The van der Waals surface area contributed by atoms with Crippen LogP contribution >= 0.6 is 0 Å². The Morgan fingerprint density at radius 2 is 2.00 bits per heavy atom. The predicted octanol–water partition coefficient (Wildman–Crippen LogP) is 3.37. The van der Waals surface area contributed by atoms with Crippen molar-refractivity contribution in [1.82, 2.24) is 5.32 Å². The zero-order valence-electron chi connectivity index (χ0n) is 18.5. The molecule has 1 heterocycles. The fourth-order valence-corrected chi connectivity index (χ4v) is 7.30. The maximum absolute atomic E-state index is 10.6. The predicted molar refractivity (Wildman–Crippen MR) is 116 cm³/mol. The minimum absolute atomic E-state index is 0.0589. The van der Waals surface area contributed by atoms with Crippen LogP contribution in [-0.4, -0.2) is 47.9 Å². The van der Waals surface area contributed by atoms with E-state index in [2.05, 4.69) is 30.4 Å². The molecule has 0 unspecified atom stereocenters. The largest absolute Gasteiger partial charge is 0.465 e. The van der Waals surface area contributed by atoms with Crippen molar-refractivity contribution >= 4 is 0 Å². The fraction of sp³-hybridized carbons (Fsp3) is 0.760. The molecule has 4 aliphatic rings. The van der Waals surface area contributed by atoms with Crippen LogP contribution in [0.4, 0.5) is 0 Å². The Morgan fingerprint density at radius 1 is 1.17 bits per heavy atom. The number of hydrogen-bond acceptors (Lipinski definition) is 5. The molecule has 1 aromatic carbocycles. The van der Waals surface area contributed by atoms with E-state index < -0.39 is 12.4 Å². The number of hydrogen-bond donors (Lipinski definition) is 3. The molecule has 3 N–H and O–H groups in total. The average molecular weight is 416 g/mol. The summed E-state index contributed by atoms with van der Waals surface area (Å²) in [6, 6.07) is 6.50. The van der Waals surface area contributed by atoms with E-state index in [1.165, 1.54) is 30.4 Å². The van der Waals surface area contributed by atoms with Gasteiger partial charge in [-0.3, -0.25) is 0 Å². The average Bonchev–Trinajstić information content (AvgIpc) is 3.02. The monoisotopic (exact) mass is 415 g/mol. The third kappa shape index (κ3) is 3.29. The van der Waals surface area contributed by atoms with Crippen LogP contribution in [0.2, 0.25) is 0 Å². The first-order chi connectivity index (χ1) is 14.4. The van der Waals surface area contributed by atoms with E-state index in [9.17, 15) is 10.2 Å². The molecule has 0 amide bonds. The van der Waals surface area contributed by atoms with Crippen LogP contribution in [0.25, 0.3) is 0 Å². The molecule has 166 valence electrons. The molecule has 30 heavy (non-hydrogen) atoms. The summed E-state index contributed by atoms with van der Waals surface area (Å²) in [5, 5.41) is 24.1. The van der Waals surface area contributed by atoms with Gasteiger partial charge in [-0.2, -0.15) is 0 Å². The normalized spacial score (nSPS) is 45.4. The molecule has 2 saturated carbocycles. The number of aryl methyl sites for hydroxylation is 1. The number of aliphatic hydroxyl groups is 2. The van der Waals surface area contributed by atoms with Gasteiger partial charge in [-0.15, -0.1) is 0 Å². The Balaban J connectivity index is 1.31. The zero-order chi connectivity index (χ0) is 21.0. The van der Waals surface area contributed by atoms with E-state index in [0.717, 1.165) is 25.0 Å². The molecule has 0 spiro atoms. The van der Waals surface area contributed by atoms with Crippen molar-refractivity contribution in [2.24, 2.45) is 17.3 Å². The van der Waals surface area contributed by atoms with E-state index in [1.807, 2.05) is 14.0 Å². The van der Waals surface area contributed by atoms with Crippen LogP contribution in [0.1, 0.15) is 69.4 Å². The Morgan fingerprint density at radius 3 is 2.77 bits per heavy atom. The van der Waals surface area contributed by atoms with Gasteiger partial charge in [0.05, 0.1) is 24.4 Å². The van der Waals surface area contributed by atoms with Gasteiger partial charge >= 0.3 is 0 Å². The summed E-state index contributed by atoms with van der Waals surface area (Å²) >= 11 is 0. The lowest BCUT2D eigenvalue weighted by atomic mass is 9.55. The van der Waals surface area contributed by atoms with E-state index in [-0.39, 0.29) is 23.7 Å². The van der Waals surface area contributed by atoms with Crippen molar-refractivity contribution in [3.05, 3.63) is 29.3 Å². The Bertz CT molecular complexity index is 772. The highest BCUT2D eigenvalue weighted by Crippen LogP contribution is 2.60. The molecular formula is C25H37NO4. The van der Waals surface area contributed by atoms with Crippen molar-refractivity contribution in [1.29, 1.82) is 0 Å². The SMILES string of the molecule is CN[C@H]1[C@@H](O)C[C@H](Oc2ccc3c(c2)CC[C@@H]2[C@@H]3CC[C@]3(C)[C@@H](O)CC[C@@H]23)O[C@@H]1C. The second-order valence-corrected chi connectivity index (χ2v) is 10.4. The first-order valence-electron chi connectivity index (χ1n) is 11.9. The second-order valence-electron chi connectivity index (χ2n) is 10.4. The minimum Gasteiger partial charge on any atom is -0.465 e. The van der Waals surface area contributed by atoms with Crippen LogP contribution < -0.4 is 10.1 Å². The molecule has 1 aliphatic heterocycles. The van der Waals surface area contributed by atoms with Gasteiger partial charge in [0.15, 0.2) is 0 Å². The molecule has 0 aromatic heterocycles. The lowest BCUT2D eigenvalue weighted by Gasteiger charge is -2.50. The molecule has 0 radical (unpaired) electrons. The topological polar surface area (TPSA) is 71.0 Å². The lowest BCUT2D eigenvalue weighted by Crippen LogP contribution is -2.54. The highest BCUT2D eigenvalue weighted by molar-refractivity contribution is 5.41. The van der Waals surface area contributed by atoms with Crippen LogP contribution in [0.3, 0.4) is 0 Å². The van der Waals surface area contributed by atoms with Gasteiger partial charge in [0, 0.05) is 6.42 Å². The number of aliphatic hydroxyl groups excluding tert-OH is 2. The van der Waals surface area contributed by atoms with E-state index in [0.29, 0.717) is 24.2 Å². The highest BCUT2D eigenvalue weighted by atomic mass is 16.7. The quantitative estimate of drug-likeness (QED) is 0.706. The van der Waals surface area contributed by atoms with Crippen molar-refractivity contribution in [3.8, 4) is 5.75 Å². The Kier molecular flexibility index (Phi) is 5.37. The molecule has 5 rings (SSSR count). The molecular weight excluding hydrogens is 378 g/mol. The van der Waals surface area contributed by atoms with Gasteiger partial charge in [-0.1, -0.05) is 13.0 Å². The van der Waals surface area contributed by atoms with Crippen LogP contribution in [0, 0.1) is 17.3 Å². The molecule has 5 nitrogen and oxygen atoms in total. The van der Waals surface area contributed by atoms with Crippen LogP contribution in [0.5, 0.6) is 5.75 Å². The molecule has 0 bridgehead atoms. The van der Waals surface area contributed by atoms with Crippen LogP contribution in [-0.2, 0) is 11.2 Å². The summed E-state index contributed by atoms with van der Waals surface area (Å²) in [7, 11) is 1.85. The maximum Gasteiger partial charge on any atom is 0.202 e. The molecule has 1 aromatic rings. The Hall–Kier alpha value is -1.14. The van der Waals surface area contributed by atoms with Crippen molar-refractivity contribution < 1.29 is 19.7 Å². The van der Waals surface area contributed by atoms with Crippen LogP contribution in [0.15, 0.2) is 18.2 Å². The fourth-order valence-electron chi connectivity index (χ4n) is 7.30. The highest BCUT2D eigenvalue weighted by Gasteiger charge is 2.54. The van der Waals surface area contributed by atoms with Gasteiger partial charge < -0.3 is 25.0 Å². The molecule has 1 saturated heterocycles. The number of ether oxygens (including phenoxy) is 2. The molecule has 3 fully saturated rings. The Labute approximate surface area is 180 Å². The van der Waals surface area contributed by atoms with E-state index >= 15 is 0 Å². The standard InChI is InChI=1S/C25H37NO4/c1-14-24(26-3)21(27)13-23(29-14)30-16-5-7-17-15(12-16)4-6-19-18(17)10-11-25(2)20(19)8-9-22(25)28/h5,7,12,14,18-24,26-28H,4,6,8-11,13H2,1-3H3/t14-,18-,19-,20+,21+,22+,23+,24-,25+/m1/s1. The van der Waals surface area contributed by atoms with Crippen molar-refractivity contribution in [2.45, 2.75) is 95.4 Å². The summed E-state index contributed by atoms with van der Waals surface area (Å²) in [6.07, 6.45) is 6.16. The summed E-state index contributed by atoms with van der Waals surface area (Å²) in [5.74, 6) is 2.83. The first-order valence-corrected chi connectivity index (χ1v) is 11.9. The minimum atomic E-state index is -0.472. The van der Waals surface area contributed by atoms with Gasteiger partial charge in [0.1, 0.15) is 5.75 Å². The number of nitrogens with one attached hydrogen (secondary N) is 1. The number of fused-ring (bicyclic) bond motifs is 5. The van der Waals surface area contributed by atoms with E-state index in [1.54, 1.807) is 0 Å². The molecule has 3 aliphatic carbocycles. The number of rotatable bonds is 3. The summed E-state index contributed by atoms with van der Waals surface area (Å²) < 4.78 is 12.1. The van der Waals surface area contributed by atoms with Gasteiger partial charge in [0.2, 0.25) is 6.29 Å². The van der Waals surface area contributed by atoms with E-state index in [4.69, 9.17) is 9.47 Å². The smallest absolute Gasteiger partial charge is 0.202 e. The third-order valence-corrected chi connectivity index (χ3v) is 8.97. The summed E-state index contributed by atoms with van der Waals surface area (Å²) in [4.78, 5) is 0. The van der Waals surface area contributed by atoms with Gasteiger partial charge in [-0.05, 0) is 98.9 Å². The second kappa shape index (κ2) is 7.77. The first kappa shape index (κ1) is 20.7. The van der Waals surface area contributed by atoms with Gasteiger partial charge in [0.25, 0.3) is 0 Å². The lowest BCUT2D eigenvalue weighted by molar-refractivity contribution is -0.182. The molecule has 9 atom stereocenters. The van der Waals surface area contributed by atoms with Crippen molar-refractivity contribution in [2.75, 3.05) is 7.05 Å². The zero-order valence-corrected chi connectivity index (χ0v) is 18.5. The number of benzene rings is 1. The van der Waals surface area contributed by atoms with Crippen molar-refractivity contribution in [3.63, 3.8) is 0 Å². The van der Waals surface area contributed by atoms with Gasteiger partial charge in [-0.25, -0.2) is 0 Å².